The van der Waals surface area contributed by atoms with Gasteiger partial charge in [0, 0.05) is 39.3 Å². The van der Waals surface area contributed by atoms with Crippen LogP contribution in [0.5, 0.6) is 11.5 Å². The van der Waals surface area contributed by atoms with Crippen LogP contribution >= 0.6 is 0 Å². The minimum absolute atomic E-state index is 0.143. The zero-order valence-electron chi connectivity index (χ0n) is 13.9. The van der Waals surface area contributed by atoms with Gasteiger partial charge in [-0.25, -0.2) is 0 Å². The molecular weight excluding hydrogens is 308 g/mol. The molecule has 0 N–H and O–H groups in total. The first-order valence-electron chi connectivity index (χ1n) is 8.78. The van der Waals surface area contributed by atoms with E-state index in [9.17, 15) is 4.79 Å². The molecular formula is C18H24N2O4. The average molecular weight is 332 g/mol. The molecule has 6 heteroatoms. The van der Waals surface area contributed by atoms with E-state index in [-0.39, 0.29) is 12.0 Å². The molecule has 0 spiro atoms. The minimum atomic E-state index is 0.143. The van der Waals surface area contributed by atoms with Crippen LogP contribution in [-0.2, 0) is 16.1 Å². The zero-order valence-corrected chi connectivity index (χ0v) is 13.9. The number of nitrogens with zero attached hydrogens (tertiary/aromatic N) is 2. The molecule has 0 bridgehead atoms. The Kier molecular flexibility index (Phi) is 4.58. The lowest BCUT2D eigenvalue weighted by atomic mass is 10.1. The smallest absolute Gasteiger partial charge is 0.231 e. The Morgan fingerprint density at radius 2 is 1.96 bits per heavy atom. The van der Waals surface area contributed by atoms with Gasteiger partial charge in [0.15, 0.2) is 11.5 Å². The van der Waals surface area contributed by atoms with E-state index in [1.54, 1.807) is 0 Å². The number of carbonyl (C=O) groups excluding carboxylic acids is 1. The van der Waals surface area contributed by atoms with Gasteiger partial charge in [-0.05, 0) is 30.5 Å². The molecule has 0 aliphatic carbocycles. The molecule has 6 nitrogen and oxygen atoms in total. The van der Waals surface area contributed by atoms with Crippen molar-refractivity contribution in [2.75, 3.05) is 39.6 Å². The molecule has 1 atom stereocenters. The number of fused-ring (bicyclic) bond motifs is 1. The van der Waals surface area contributed by atoms with Gasteiger partial charge in [-0.15, -0.1) is 0 Å². The number of amides is 1. The Morgan fingerprint density at radius 3 is 2.75 bits per heavy atom. The van der Waals surface area contributed by atoms with E-state index in [1.165, 1.54) is 5.56 Å². The quantitative estimate of drug-likeness (QED) is 0.839. The summed E-state index contributed by atoms with van der Waals surface area (Å²) in [5.41, 5.74) is 1.22. The molecule has 24 heavy (non-hydrogen) atoms. The predicted molar refractivity (Wildman–Crippen MR) is 88.0 cm³/mol. The van der Waals surface area contributed by atoms with Gasteiger partial charge in [0.1, 0.15) is 0 Å². The number of hydrogen-bond acceptors (Lipinski definition) is 5. The summed E-state index contributed by atoms with van der Waals surface area (Å²) in [4.78, 5) is 16.7. The van der Waals surface area contributed by atoms with E-state index in [4.69, 9.17) is 14.2 Å². The number of piperazine rings is 1. The third-order valence-electron chi connectivity index (χ3n) is 4.99. The predicted octanol–water partition coefficient (Wildman–Crippen LogP) is 1.63. The van der Waals surface area contributed by atoms with E-state index in [1.807, 2.05) is 11.0 Å². The monoisotopic (exact) mass is 332 g/mol. The van der Waals surface area contributed by atoms with Crippen LogP contribution in [0, 0.1) is 0 Å². The van der Waals surface area contributed by atoms with E-state index in [2.05, 4.69) is 17.0 Å². The topological polar surface area (TPSA) is 51.2 Å². The maximum atomic E-state index is 12.3. The summed E-state index contributed by atoms with van der Waals surface area (Å²) in [6, 6.07) is 6.11. The van der Waals surface area contributed by atoms with Crippen molar-refractivity contribution >= 4 is 5.91 Å². The van der Waals surface area contributed by atoms with Gasteiger partial charge < -0.3 is 19.1 Å². The highest BCUT2D eigenvalue weighted by Crippen LogP contribution is 2.32. The number of rotatable bonds is 4. The highest BCUT2D eigenvalue weighted by Gasteiger charge is 2.25. The summed E-state index contributed by atoms with van der Waals surface area (Å²) >= 11 is 0. The molecule has 1 amide bonds. The fraction of sp³-hybridized carbons (Fsp3) is 0.611. The van der Waals surface area contributed by atoms with Crippen LogP contribution < -0.4 is 9.47 Å². The molecule has 2 saturated heterocycles. The highest BCUT2D eigenvalue weighted by molar-refractivity contribution is 5.76. The normalized spacial score (nSPS) is 23.7. The van der Waals surface area contributed by atoms with Crippen LogP contribution in [0.4, 0.5) is 0 Å². The fourth-order valence-electron chi connectivity index (χ4n) is 3.58. The van der Waals surface area contributed by atoms with Crippen molar-refractivity contribution < 1.29 is 19.0 Å². The lowest BCUT2D eigenvalue weighted by Crippen LogP contribution is -2.48. The van der Waals surface area contributed by atoms with Crippen molar-refractivity contribution in [3.05, 3.63) is 23.8 Å². The SMILES string of the molecule is O=C(C[C@@H]1CCCO1)N1CCN(Cc2ccc3c(c2)OCO3)CC1. The largest absolute Gasteiger partial charge is 0.454 e. The molecule has 2 fully saturated rings. The van der Waals surface area contributed by atoms with Crippen molar-refractivity contribution in [3.63, 3.8) is 0 Å². The maximum Gasteiger partial charge on any atom is 0.231 e. The van der Waals surface area contributed by atoms with Gasteiger partial charge in [0.25, 0.3) is 0 Å². The third-order valence-corrected chi connectivity index (χ3v) is 4.99. The van der Waals surface area contributed by atoms with Crippen molar-refractivity contribution in [2.24, 2.45) is 0 Å². The second-order valence-corrected chi connectivity index (χ2v) is 6.68. The number of benzene rings is 1. The van der Waals surface area contributed by atoms with Crippen LogP contribution in [0.25, 0.3) is 0 Å². The second-order valence-electron chi connectivity index (χ2n) is 6.68. The third kappa shape index (κ3) is 3.49. The molecule has 0 radical (unpaired) electrons. The number of ether oxygens (including phenoxy) is 3. The Bertz CT molecular complexity index is 593. The first kappa shape index (κ1) is 15.7. The molecule has 130 valence electrons. The molecule has 4 rings (SSSR count). The summed E-state index contributed by atoms with van der Waals surface area (Å²) in [6.07, 6.45) is 2.79. The molecule has 3 aliphatic rings. The van der Waals surface area contributed by atoms with Gasteiger partial charge in [0.2, 0.25) is 12.7 Å². The average Bonchev–Trinajstić information content (AvgIpc) is 3.26. The fourth-order valence-corrected chi connectivity index (χ4v) is 3.58. The molecule has 0 unspecified atom stereocenters. The number of hydrogen-bond donors (Lipinski definition) is 0. The molecule has 0 aromatic heterocycles. The summed E-state index contributed by atoms with van der Waals surface area (Å²) in [7, 11) is 0. The maximum absolute atomic E-state index is 12.3. The Hall–Kier alpha value is -1.79. The van der Waals surface area contributed by atoms with Crippen molar-refractivity contribution in [1.29, 1.82) is 0 Å². The standard InChI is InChI=1S/C18H24N2O4/c21-18(11-15-2-1-9-22-15)20-7-5-19(6-8-20)12-14-3-4-16-17(10-14)24-13-23-16/h3-4,10,15H,1-2,5-9,11-13H2/t15-/m0/s1. The molecule has 3 heterocycles. The van der Waals surface area contributed by atoms with Crippen molar-refractivity contribution in [1.82, 2.24) is 9.80 Å². The van der Waals surface area contributed by atoms with E-state index < -0.39 is 0 Å². The molecule has 1 aromatic carbocycles. The Labute approximate surface area is 142 Å². The highest BCUT2D eigenvalue weighted by atomic mass is 16.7. The van der Waals surface area contributed by atoms with Gasteiger partial charge >= 0.3 is 0 Å². The van der Waals surface area contributed by atoms with Crippen LogP contribution in [0.15, 0.2) is 18.2 Å². The zero-order chi connectivity index (χ0) is 16.4. The first-order chi connectivity index (χ1) is 11.8. The van der Waals surface area contributed by atoms with Gasteiger partial charge in [0.05, 0.1) is 12.5 Å². The summed E-state index contributed by atoms with van der Waals surface area (Å²) in [5.74, 6) is 1.89. The molecule has 3 aliphatic heterocycles. The second kappa shape index (κ2) is 6.99. The first-order valence-corrected chi connectivity index (χ1v) is 8.78. The van der Waals surface area contributed by atoms with Gasteiger partial charge in [-0.3, -0.25) is 9.69 Å². The Balaban J connectivity index is 1.26. The van der Waals surface area contributed by atoms with E-state index in [0.29, 0.717) is 13.2 Å². The summed E-state index contributed by atoms with van der Waals surface area (Å²) in [6.45, 7) is 5.42. The lowest BCUT2D eigenvalue weighted by molar-refractivity contribution is -0.135. The lowest BCUT2D eigenvalue weighted by Gasteiger charge is -2.35. The van der Waals surface area contributed by atoms with Crippen LogP contribution in [-0.4, -0.2) is 61.4 Å². The molecule has 1 aromatic rings. The van der Waals surface area contributed by atoms with Gasteiger partial charge in [-0.1, -0.05) is 6.07 Å². The van der Waals surface area contributed by atoms with Crippen molar-refractivity contribution in [2.45, 2.75) is 31.9 Å². The Morgan fingerprint density at radius 1 is 1.12 bits per heavy atom. The molecule has 0 saturated carbocycles. The van der Waals surface area contributed by atoms with Gasteiger partial charge in [-0.2, -0.15) is 0 Å². The summed E-state index contributed by atoms with van der Waals surface area (Å²) < 4.78 is 16.4. The van der Waals surface area contributed by atoms with Crippen LogP contribution in [0.2, 0.25) is 0 Å². The van der Waals surface area contributed by atoms with Crippen LogP contribution in [0.3, 0.4) is 0 Å². The van der Waals surface area contributed by atoms with E-state index >= 15 is 0 Å². The summed E-state index contributed by atoms with van der Waals surface area (Å²) in [5, 5.41) is 0. The minimum Gasteiger partial charge on any atom is -0.454 e. The van der Waals surface area contributed by atoms with Crippen LogP contribution in [0.1, 0.15) is 24.8 Å². The number of carbonyl (C=O) groups is 1. The van der Waals surface area contributed by atoms with E-state index in [0.717, 1.165) is 63.7 Å². The van der Waals surface area contributed by atoms with Crippen molar-refractivity contribution in [3.8, 4) is 11.5 Å².